The maximum absolute atomic E-state index is 13.1. The number of fused-ring (bicyclic) bond motifs is 1. The van der Waals surface area contributed by atoms with Gasteiger partial charge in [0.15, 0.2) is 0 Å². The van der Waals surface area contributed by atoms with E-state index in [0.717, 1.165) is 16.6 Å². The van der Waals surface area contributed by atoms with Crippen molar-refractivity contribution in [2.24, 2.45) is 0 Å². The molecular weight excluding hydrogens is 398 g/mol. The highest BCUT2D eigenvalue weighted by molar-refractivity contribution is 7.89. The predicted octanol–water partition coefficient (Wildman–Crippen LogP) is 4.64. The van der Waals surface area contributed by atoms with Gasteiger partial charge < -0.3 is 5.32 Å². The number of hydrogen-bond donors (Lipinski definition) is 1. The van der Waals surface area contributed by atoms with E-state index >= 15 is 0 Å². The van der Waals surface area contributed by atoms with Crippen molar-refractivity contribution in [3.05, 3.63) is 65.9 Å². The molecule has 1 heterocycles. The molecule has 7 heteroatoms. The summed E-state index contributed by atoms with van der Waals surface area (Å²) in [6, 6.07) is 15.7. The number of carbonyl (C=O) groups is 1. The number of carbonyl (C=O) groups excluding carboxylic acids is 1. The molecule has 0 saturated carbocycles. The maximum atomic E-state index is 13.1. The van der Waals surface area contributed by atoms with Crippen molar-refractivity contribution in [2.45, 2.75) is 38.5 Å². The molecule has 0 aliphatic heterocycles. The first-order chi connectivity index (χ1) is 14.3. The molecule has 1 amide bonds. The first-order valence-corrected chi connectivity index (χ1v) is 11.5. The molecule has 0 unspecified atom stereocenters. The van der Waals surface area contributed by atoms with Crippen molar-refractivity contribution >= 4 is 32.5 Å². The minimum absolute atomic E-state index is 0.159. The minimum Gasteiger partial charge on any atom is -0.322 e. The van der Waals surface area contributed by atoms with Gasteiger partial charge in [0, 0.05) is 29.9 Å². The normalized spacial score (nSPS) is 11.9. The molecule has 1 aromatic heterocycles. The largest absolute Gasteiger partial charge is 0.322 e. The van der Waals surface area contributed by atoms with Gasteiger partial charge >= 0.3 is 0 Å². The van der Waals surface area contributed by atoms with Crippen LogP contribution in [0.3, 0.4) is 0 Å². The zero-order chi connectivity index (χ0) is 21.9. The number of aromatic nitrogens is 1. The van der Waals surface area contributed by atoms with Crippen LogP contribution in [0.1, 0.15) is 49.7 Å². The monoisotopic (exact) mass is 425 g/mol. The molecule has 0 radical (unpaired) electrons. The second-order valence-electron chi connectivity index (χ2n) is 7.34. The SMILES string of the molecule is CCN(CC)S(=O)(=O)c1cccc(NC(=O)c2cc(C(C)C)nc3ccccc23)c1. The number of nitrogens with one attached hydrogen (secondary N) is 1. The number of anilines is 1. The fourth-order valence-corrected chi connectivity index (χ4v) is 4.83. The Bertz CT molecular complexity index is 1170. The number of benzene rings is 2. The van der Waals surface area contributed by atoms with Crippen molar-refractivity contribution in [1.82, 2.24) is 9.29 Å². The van der Waals surface area contributed by atoms with Crippen LogP contribution in [-0.4, -0.2) is 36.7 Å². The average Bonchev–Trinajstić information content (AvgIpc) is 2.73. The van der Waals surface area contributed by atoms with Gasteiger partial charge in [-0.25, -0.2) is 8.42 Å². The van der Waals surface area contributed by atoms with E-state index in [9.17, 15) is 13.2 Å². The van der Waals surface area contributed by atoms with E-state index in [2.05, 4.69) is 10.3 Å². The van der Waals surface area contributed by atoms with Crippen molar-refractivity contribution in [3.63, 3.8) is 0 Å². The summed E-state index contributed by atoms with van der Waals surface area (Å²) in [6.45, 7) is 8.43. The first-order valence-electron chi connectivity index (χ1n) is 10.1. The number of nitrogens with zero attached hydrogens (tertiary/aromatic N) is 2. The second kappa shape index (κ2) is 8.93. The van der Waals surface area contributed by atoms with Crippen LogP contribution in [0.15, 0.2) is 59.5 Å². The maximum Gasteiger partial charge on any atom is 0.256 e. The zero-order valence-electron chi connectivity index (χ0n) is 17.7. The smallest absolute Gasteiger partial charge is 0.256 e. The standard InChI is InChI=1S/C23H27N3O3S/c1-5-26(6-2)30(28,29)18-11-9-10-17(14-18)24-23(27)20-15-22(16(3)4)25-21-13-8-7-12-19(20)21/h7-16H,5-6H2,1-4H3,(H,24,27). The van der Waals surface area contributed by atoms with E-state index in [-0.39, 0.29) is 16.7 Å². The Balaban J connectivity index is 1.98. The van der Waals surface area contributed by atoms with E-state index in [1.165, 1.54) is 10.4 Å². The average molecular weight is 426 g/mol. The molecule has 3 aromatic rings. The van der Waals surface area contributed by atoms with Crippen molar-refractivity contribution in [3.8, 4) is 0 Å². The van der Waals surface area contributed by atoms with E-state index in [1.807, 2.05) is 38.1 Å². The molecule has 6 nitrogen and oxygen atoms in total. The van der Waals surface area contributed by atoms with Crippen LogP contribution in [0.2, 0.25) is 0 Å². The quantitative estimate of drug-likeness (QED) is 0.598. The second-order valence-corrected chi connectivity index (χ2v) is 9.28. The lowest BCUT2D eigenvalue weighted by atomic mass is 10.0. The summed E-state index contributed by atoms with van der Waals surface area (Å²) in [6.07, 6.45) is 0. The molecule has 3 rings (SSSR count). The lowest BCUT2D eigenvalue weighted by molar-refractivity contribution is 0.102. The van der Waals surface area contributed by atoms with Gasteiger partial charge in [0.2, 0.25) is 10.0 Å². The summed E-state index contributed by atoms with van der Waals surface area (Å²) >= 11 is 0. The van der Waals surface area contributed by atoms with Crippen LogP contribution >= 0.6 is 0 Å². The third-order valence-corrected chi connectivity index (χ3v) is 7.05. The Kier molecular flexibility index (Phi) is 6.53. The van der Waals surface area contributed by atoms with Gasteiger partial charge in [-0.05, 0) is 36.2 Å². The summed E-state index contributed by atoms with van der Waals surface area (Å²) in [5.74, 6) is -0.128. The van der Waals surface area contributed by atoms with Gasteiger partial charge in [0.1, 0.15) is 0 Å². The number of sulfonamides is 1. The van der Waals surface area contributed by atoms with Crippen LogP contribution in [-0.2, 0) is 10.0 Å². The molecule has 158 valence electrons. The van der Waals surface area contributed by atoms with Gasteiger partial charge in [-0.2, -0.15) is 4.31 Å². The van der Waals surface area contributed by atoms with Crippen molar-refractivity contribution in [1.29, 1.82) is 0 Å². The third-order valence-electron chi connectivity index (χ3n) is 5.01. The lowest BCUT2D eigenvalue weighted by Crippen LogP contribution is -2.30. The molecule has 1 N–H and O–H groups in total. The van der Waals surface area contributed by atoms with Crippen LogP contribution < -0.4 is 5.32 Å². The third kappa shape index (κ3) is 4.37. The highest BCUT2D eigenvalue weighted by Crippen LogP contribution is 2.24. The number of hydrogen-bond acceptors (Lipinski definition) is 4. The highest BCUT2D eigenvalue weighted by Gasteiger charge is 2.22. The molecule has 30 heavy (non-hydrogen) atoms. The van der Waals surface area contributed by atoms with E-state index in [4.69, 9.17) is 0 Å². The van der Waals surface area contributed by atoms with Crippen molar-refractivity contribution < 1.29 is 13.2 Å². The summed E-state index contributed by atoms with van der Waals surface area (Å²) in [4.78, 5) is 17.9. The summed E-state index contributed by atoms with van der Waals surface area (Å²) in [5.41, 5.74) is 2.53. The molecule has 0 saturated heterocycles. The molecule has 2 aromatic carbocycles. The molecule has 0 aliphatic rings. The van der Waals surface area contributed by atoms with Crippen LogP contribution in [0.5, 0.6) is 0 Å². The van der Waals surface area contributed by atoms with Crippen LogP contribution in [0.4, 0.5) is 5.69 Å². The Morgan fingerprint density at radius 1 is 1.03 bits per heavy atom. The van der Waals surface area contributed by atoms with E-state index < -0.39 is 10.0 Å². The van der Waals surface area contributed by atoms with Gasteiger partial charge in [-0.1, -0.05) is 52.0 Å². The number of amides is 1. The number of para-hydroxylation sites is 1. The summed E-state index contributed by atoms with van der Waals surface area (Å²) < 4.78 is 27.0. The Labute approximate surface area is 178 Å². The summed E-state index contributed by atoms with van der Waals surface area (Å²) in [7, 11) is -3.60. The molecule has 0 fully saturated rings. The highest BCUT2D eigenvalue weighted by atomic mass is 32.2. The number of pyridine rings is 1. The van der Waals surface area contributed by atoms with Crippen molar-refractivity contribution in [2.75, 3.05) is 18.4 Å². The molecular formula is C23H27N3O3S. The lowest BCUT2D eigenvalue weighted by Gasteiger charge is -2.19. The van der Waals surface area contributed by atoms with Gasteiger partial charge in [0.25, 0.3) is 5.91 Å². The van der Waals surface area contributed by atoms with E-state index in [1.54, 1.807) is 38.1 Å². The Morgan fingerprint density at radius 2 is 1.73 bits per heavy atom. The van der Waals surface area contributed by atoms with E-state index in [0.29, 0.717) is 24.3 Å². The molecule has 0 aliphatic carbocycles. The van der Waals surface area contributed by atoms with Crippen LogP contribution in [0, 0.1) is 0 Å². The summed E-state index contributed by atoms with van der Waals surface area (Å²) in [5, 5.41) is 3.61. The first kappa shape index (κ1) is 21.9. The fraction of sp³-hybridized carbons (Fsp3) is 0.304. The van der Waals surface area contributed by atoms with Gasteiger partial charge in [-0.15, -0.1) is 0 Å². The topological polar surface area (TPSA) is 79.4 Å². The predicted molar refractivity (Wildman–Crippen MR) is 120 cm³/mol. The molecule has 0 spiro atoms. The van der Waals surface area contributed by atoms with Crippen LogP contribution in [0.25, 0.3) is 10.9 Å². The zero-order valence-corrected chi connectivity index (χ0v) is 18.5. The molecule has 0 atom stereocenters. The Hall–Kier alpha value is -2.77. The molecule has 0 bridgehead atoms. The van der Waals surface area contributed by atoms with Gasteiger partial charge in [0.05, 0.1) is 16.0 Å². The Morgan fingerprint density at radius 3 is 2.40 bits per heavy atom. The minimum atomic E-state index is -3.60. The van der Waals surface area contributed by atoms with Gasteiger partial charge in [-0.3, -0.25) is 9.78 Å². The number of rotatable bonds is 7. The fourth-order valence-electron chi connectivity index (χ4n) is 3.32.